The van der Waals surface area contributed by atoms with Crippen molar-refractivity contribution in [1.82, 2.24) is 4.98 Å². The van der Waals surface area contributed by atoms with Crippen molar-refractivity contribution in [1.29, 1.82) is 0 Å². The minimum absolute atomic E-state index is 0.0627. The third-order valence-corrected chi connectivity index (χ3v) is 3.84. The Balaban J connectivity index is 2.01. The van der Waals surface area contributed by atoms with Gasteiger partial charge >= 0.3 is 5.95 Å². The SMILES string of the molecule is NC(N)=NCCCCNc1nc(N)cc[n+]1[C@@H]1O[C@H](CO)[C@@H](O)[C@H]1O. The Hall–Kier alpha value is -2.21. The molecule has 1 aromatic rings. The van der Waals surface area contributed by atoms with Crippen LogP contribution in [0.15, 0.2) is 17.3 Å². The molecule has 0 aliphatic carbocycles. The van der Waals surface area contributed by atoms with E-state index in [1.807, 2.05) is 0 Å². The maximum atomic E-state index is 10.2. The fraction of sp³-hybridized carbons (Fsp3) is 0.643. The van der Waals surface area contributed by atoms with Crippen molar-refractivity contribution in [2.75, 3.05) is 30.7 Å². The van der Waals surface area contributed by atoms with Gasteiger partial charge in [-0.1, -0.05) is 4.98 Å². The first-order valence-corrected chi connectivity index (χ1v) is 8.03. The Labute approximate surface area is 145 Å². The summed E-state index contributed by atoms with van der Waals surface area (Å²) >= 11 is 0. The lowest BCUT2D eigenvalue weighted by Crippen LogP contribution is -2.48. The van der Waals surface area contributed by atoms with Gasteiger partial charge in [0.05, 0.1) is 19.3 Å². The predicted octanol–water partition coefficient (Wildman–Crippen LogP) is -2.97. The van der Waals surface area contributed by atoms with E-state index in [1.54, 1.807) is 12.3 Å². The second-order valence-electron chi connectivity index (χ2n) is 5.75. The minimum Gasteiger partial charge on any atom is -0.394 e. The molecule has 0 spiro atoms. The number of nitrogens with zero attached hydrogens (tertiary/aromatic N) is 3. The van der Waals surface area contributed by atoms with Crippen LogP contribution in [0.1, 0.15) is 19.1 Å². The van der Waals surface area contributed by atoms with Crippen LogP contribution < -0.4 is 27.1 Å². The van der Waals surface area contributed by atoms with Crippen LogP contribution in [-0.2, 0) is 4.74 Å². The fourth-order valence-corrected chi connectivity index (χ4v) is 2.54. The van der Waals surface area contributed by atoms with E-state index in [2.05, 4.69) is 15.3 Å². The van der Waals surface area contributed by atoms with E-state index in [0.29, 0.717) is 24.9 Å². The van der Waals surface area contributed by atoms with E-state index < -0.39 is 31.1 Å². The Morgan fingerprint density at radius 1 is 1.32 bits per heavy atom. The normalized spacial score (nSPS) is 25.7. The van der Waals surface area contributed by atoms with Crippen molar-refractivity contribution in [3.05, 3.63) is 12.3 Å². The topological polar surface area (TPSA) is 189 Å². The highest BCUT2D eigenvalue weighted by Crippen LogP contribution is 2.26. The van der Waals surface area contributed by atoms with Gasteiger partial charge in [-0.05, 0) is 12.8 Å². The monoisotopic (exact) mass is 356 g/mol. The zero-order chi connectivity index (χ0) is 18.4. The first kappa shape index (κ1) is 19.1. The lowest BCUT2D eigenvalue weighted by atomic mass is 10.1. The lowest BCUT2D eigenvalue weighted by Gasteiger charge is -2.16. The fourth-order valence-electron chi connectivity index (χ4n) is 2.54. The largest absolute Gasteiger partial charge is 0.395 e. The van der Waals surface area contributed by atoms with Gasteiger partial charge in [-0.2, -0.15) is 0 Å². The molecule has 1 fully saturated rings. The maximum absolute atomic E-state index is 10.2. The summed E-state index contributed by atoms with van der Waals surface area (Å²) in [5.41, 5.74) is 16.2. The van der Waals surface area contributed by atoms with Gasteiger partial charge in [-0.15, -0.1) is 0 Å². The summed E-state index contributed by atoms with van der Waals surface area (Å²) < 4.78 is 7.06. The number of hydrogen-bond donors (Lipinski definition) is 7. The van der Waals surface area contributed by atoms with Crippen molar-refractivity contribution in [3.8, 4) is 0 Å². The molecule has 11 heteroatoms. The first-order chi connectivity index (χ1) is 11.9. The summed E-state index contributed by atoms with van der Waals surface area (Å²) in [5.74, 6) is 0.746. The van der Waals surface area contributed by atoms with Crippen LogP contribution in [0.2, 0.25) is 0 Å². The molecule has 0 radical (unpaired) electrons. The number of ether oxygens (including phenoxy) is 1. The predicted molar refractivity (Wildman–Crippen MR) is 90.3 cm³/mol. The molecule has 0 amide bonds. The van der Waals surface area contributed by atoms with Gasteiger partial charge in [0, 0.05) is 12.6 Å². The molecule has 1 aromatic heterocycles. The van der Waals surface area contributed by atoms with Crippen LogP contribution in [0.5, 0.6) is 0 Å². The molecule has 4 atom stereocenters. The summed E-state index contributed by atoms with van der Waals surface area (Å²) in [6, 6.07) is 1.55. The van der Waals surface area contributed by atoms with Crippen LogP contribution >= 0.6 is 0 Å². The van der Waals surface area contributed by atoms with Crippen molar-refractivity contribution in [2.24, 2.45) is 16.5 Å². The number of aliphatic imine (C=N–C) groups is 1. The zero-order valence-corrected chi connectivity index (χ0v) is 13.8. The molecule has 1 aliphatic rings. The van der Waals surface area contributed by atoms with E-state index in [4.69, 9.17) is 21.9 Å². The third kappa shape index (κ3) is 4.89. The van der Waals surface area contributed by atoms with Crippen LogP contribution in [0.3, 0.4) is 0 Å². The van der Waals surface area contributed by atoms with E-state index in [1.165, 1.54) is 4.57 Å². The molecular formula is C14H26N7O4+. The highest BCUT2D eigenvalue weighted by atomic mass is 16.6. The Morgan fingerprint density at radius 2 is 2.08 bits per heavy atom. The van der Waals surface area contributed by atoms with Gasteiger partial charge in [-0.3, -0.25) is 10.3 Å². The number of aromatic nitrogens is 2. The van der Waals surface area contributed by atoms with Crippen LogP contribution in [-0.4, -0.2) is 64.3 Å². The quantitative estimate of drug-likeness (QED) is 0.110. The van der Waals surface area contributed by atoms with E-state index in [-0.39, 0.29) is 5.96 Å². The van der Waals surface area contributed by atoms with Crippen LogP contribution in [0.25, 0.3) is 0 Å². The number of rotatable bonds is 8. The van der Waals surface area contributed by atoms with Crippen LogP contribution in [0.4, 0.5) is 11.8 Å². The second-order valence-corrected chi connectivity index (χ2v) is 5.75. The molecule has 0 saturated carbocycles. The van der Waals surface area contributed by atoms with E-state index in [9.17, 15) is 15.3 Å². The number of unbranched alkanes of at least 4 members (excludes halogenated alkanes) is 1. The second kappa shape index (κ2) is 8.76. The van der Waals surface area contributed by atoms with E-state index in [0.717, 1.165) is 12.8 Å². The molecule has 140 valence electrons. The number of anilines is 2. The number of hydrogen-bond acceptors (Lipinski definition) is 8. The summed E-state index contributed by atoms with van der Waals surface area (Å²) in [6.07, 6.45) is -0.973. The van der Waals surface area contributed by atoms with Gasteiger partial charge in [0.2, 0.25) is 12.0 Å². The maximum Gasteiger partial charge on any atom is 0.395 e. The van der Waals surface area contributed by atoms with Crippen LogP contribution in [0, 0.1) is 0 Å². The average Bonchev–Trinajstić information content (AvgIpc) is 2.86. The number of aliphatic hydroxyl groups is 3. The first-order valence-electron chi connectivity index (χ1n) is 8.03. The number of nitrogens with two attached hydrogens (primary N) is 3. The Morgan fingerprint density at radius 3 is 2.72 bits per heavy atom. The summed E-state index contributed by atoms with van der Waals surface area (Å²) in [5, 5.41) is 32.4. The number of guanidine groups is 1. The van der Waals surface area contributed by atoms with Gasteiger partial charge in [0.1, 0.15) is 18.3 Å². The van der Waals surface area contributed by atoms with Gasteiger partial charge in [0.25, 0.3) is 0 Å². The molecule has 0 aromatic carbocycles. The van der Waals surface area contributed by atoms with Gasteiger partial charge in [-0.25, -0.2) is 4.57 Å². The molecule has 2 heterocycles. The van der Waals surface area contributed by atoms with Crippen molar-refractivity contribution in [3.63, 3.8) is 0 Å². The molecule has 25 heavy (non-hydrogen) atoms. The number of aliphatic hydroxyl groups excluding tert-OH is 3. The molecule has 0 unspecified atom stereocenters. The van der Waals surface area contributed by atoms with Gasteiger partial charge < -0.3 is 37.3 Å². The minimum atomic E-state index is -1.20. The molecule has 1 aliphatic heterocycles. The molecule has 1 saturated heterocycles. The van der Waals surface area contributed by atoms with Crippen molar-refractivity contribution < 1.29 is 24.6 Å². The molecule has 0 bridgehead atoms. The zero-order valence-electron chi connectivity index (χ0n) is 13.8. The summed E-state index contributed by atoms with van der Waals surface area (Å²) in [6.45, 7) is 0.708. The smallest absolute Gasteiger partial charge is 0.394 e. The average molecular weight is 356 g/mol. The summed E-state index contributed by atoms with van der Waals surface area (Å²) in [4.78, 5) is 8.10. The third-order valence-electron chi connectivity index (χ3n) is 3.84. The highest BCUT2D eigenvalue weighted by molar-refractivity contribution is 5.75. The van der Waals surface area contributed by atoms with Gasteiger partial charge in [0.15, 0.2) is 5.96 Å². The molecule has 11 nitrogen and oxygen atoms in total. The van der Waals surface area contributed by atoms with E-state index >= 15 is 0 Å². The molecule has 2 rings (SSSR count). The standard InChI is InChI=1S/C14H25N7O4/c15-9-3-6-21(12-11(24)10(23)8(7-22)25-12)14(20-9)19-5-2-1-4-18-13(16)17/h3,6,8,10-12,22-24H,1-2,4-5,7H2,(H6,15,16,17,18,19,20)/p+1/t8-,10-,11-,12-/m1/s1. The summed E-state index contributed by atoms with van der Waals surface area (Å²) in [7, 11) is 0. The number of nitrogen functional groups attached to an aromatic ring is 1. The Kier molecular flexibility index (Phi) is 6.70. The highest BCUT2D eigenvalue weighted by Gasteiger charge is 2.46. The van der Waals surface area contributed by atoms with Crippen molar-refractivity contribution >= 4 is 17.7 Å². The van der Waals surface area contributed by atoms with Crippen molar-refractivity contribution in [2.45, 2.75) is 37.4 Å². The Bertz CT molecular complexity index is 597. The number of nitrogens with one attached hydrogen (secondary N) is 1. The molecular weight excluding hydrogens is 330 g/mol. The lowest BCUT2D eigenvalue weighted by molar-refractivity contribution is -0.755. The molecule has 10 N–H and O–H groups in total.